The van der Waals surface area contributed by atoms with E-state index in [0.717, 1.165) is 38.4 Å². The monoisotopic (exact) mass is 465 g/mol. The molecule has 2 N–H and O–H groups in total. The summed E-state index contributed by atoms with van der Waals surface area (Å²) in [6.07, 6.45) is 0.706. The van der Waals surface area contributed by atoms with Crippen LogP contribution in [0.3, 0.4) is 0 Å². The van der Waals surface area contributed by atoms with Crippen molar-refractivity contribution in [1.29, 1.82) is 0 Å². The van der Waals surface area contributed by atoms with Gasteiger partial charge in [0.25, 0.3) is 0 Å². The van der Waals surface area contributed by atoms with Crippen LogP contribution in [0.5, 0.6) is 0 Å². The molecule has 2 heterocycles. The Kier molecular flexibility index (Phi) is 5.76. The number of hydrogen-bond donors (Lipinski definition) is 2. The smallest absolute Gasteiger partial charge is 0.150 e. The maximum atomic E-state index is 10.9. The van der Waals surface area contributed by atoms with E-state index >= 15 is 0 Å². The molecular weight excluding hydrogens is 430 g/mol. The number of rotatable bonds is 5. The molecule has 0 saturated carbocycles. The molecule has 1 aliphatic carbocycles. The van der Waals surface area contributed by atoms with Crippen molar-refractivity contribution in [3.8, 4) is 0 Å². The van der Waals surface area contributed by atoms with Gasteiger partial charge in [-0.2, -0.15) is 4.37 Å². The van der Waals surface area contributed by atoms with E-state index in [1.807, 2.05) is 0 Å². The summed E-state index contributed by atoms with van der Waals surface area (Å²) >= 11 is 1.56. The normalized spacial score (nSPS) is 23.1. The standard InChI is InChI=1S/C27H35N3O2S/c1-26(2)20-11-9-18(17-21(20)27(3,4)25(26)32)10-12-23(31)29-13-15-30(16-14-29)24-19-7-5-6-8-22(19)33-28-24/h5-9,11,17,23,25,31-32H,10,12-16H2,1-4H3. The van der Waals surface area contributed by atoms with Crippen LogP contribution in [0.1, 0.15) is 50.8 Å². The first-order valence-electron chi connectivity index (χ1n) is 12.0. The molecule has 0 bridgehead atoms. The van der Waals surface area contributed by atoms with Crippen molar-refractivity contribution in [3.05, 3.63) is 59.2 Å². The highest BCUT2D eigenvalue weighted by molar-refractivity contribution is 7.13. The minimum Gasteiger partial charge on any atom is -0.391 e. The number of aryl methyl sites for hydroxylation is 1. The number of hydrogen-bond acceptors (Lipinski definition) is 6. The molecule has 6 heteroatoms. The summed E-state index contributed by atoms with van der Waals surface area (Å²) in [4.78, 5) is 4.53. The molecule has 2 unspecified atom stereocenters. The van der Waals surface area contributed by atoms with E-state index in [0.29, 0.717) is 6.42 Å². The molecule has 3 aromatic rings. The van der Waals surface area contributed by atoms with E-state index < -0.39 is 12.3 Å². The molecule has 0 amide bonds. The van der Waals surface area contributed by atoms with Crippen LogP contribution in [0, 0.1) is 0 Å². The lowest BCUT2D eigenvalue weighted by Gasteiger charge is -2.37. The summed E-state index contributed by atoms with van der Waals surface area (Å²) in [7, 11) is 0. The van der Waals surface area contributed by atoms with Gasteiger partial charge in [-0.05, 0) is 53.2 Å². The van der Waals surface area contributed by atoms with E-state index in [-0.39, 0.29) is 10.8 Å². The highest BCUT2D eigenvalue weighted by atomic mass is 32.1. The third-order valence-electron chi connectivity index (χ3n) is 7.92. The van der Waals surface area contributed by atoms with Gasteiger partial charge in [0, 0.05) is 42.4 Å². The van der Waals surface area contributed by atoms with Crippen molar-refractivity contribution in [2.75, 3.05) is 31.1 Å². The van der Waals surface area contributed by atoms with Crippen LogP contribution in [0.15, 0.2) is 42.5 Å². The number of aliphatic hydroxyl groups is 2. The Morgan fingerprint density at radius 3 is 2.45 bits per heavy atom. The fraction of sp³-hybridized carbons (Fsp3) is 0.519. The molecule has 1 aromatic heterocycles. The third-order valence-corrected chi connectivity index (χ3v) is 8.74. The topological polar surface area (TPSA) is 59.8 Å². The molecule has 176 valence electrons. The van der Waals surface area contributed by atoms with Gasteiger partial charge < -0.3 is 15.1 Å². The van der Waals surface area contributed by atoms with Gasteiger partial charge >= 0.3 is 0 Å². The second-order valence-electron chi connectivity index (χ2n) is 10.8. The predicted molar refractivity (Wildman–Crippen MR) is 136 cm³/mol. The number of fused-ring (bicyclic) bond motifs is 2. The van der Waals surface area contributed by atoms with Crippen molar-refractivity contribution in [2.45, 2.75) is 63.7 Å². The average Bonchev–Trinajstić information content (AvgIpc) is 3.30. The summed E-state index contributed by atoms with van der Waals surface area (Å²) in [5.74, 6) is 1.08. The Hall–Kier alpha value is -1.99. The SMILES string of the molecule is CC1(C)c2ccc(CCC(O)N3CCN(c4nsc5ccccc45)CC3)cc2C(C)(C)C1O. The van der Waals surface area contributed by atoms with Crippen LogP contribution in [0.2, 0.25) is 0 Å². The lowest BCUT2D eigenvalue weighted by molar-refractivity contribution is -0.00521. The van der Waals surface area contributed by atoms with Gasteiger partial charge in [-0.15, -0.1) is 0 Å². The molecule has 1 saturated heterocycles. The number of piperazine rings is 1. The van der Waals surface area contributed by atoms with Gasteiger partial charge in [0.05, 0.1) is 10.8 Å². The van der Waals surface area contributed by atoms with Crippen LogP contribution in [0.4, 0.5) is 5.82 Å². The van der Waals surface area contributed by atoms with Gasteiger partial charge in [-0.25, -0.2) is 0 Å². The molecule has 33 heavy (non-hydrogen) atoms. The molecule has 0 radical (unpaired) electrons. The average molecular weight is 466 g/mol. The van der Waals surface area contributed by atoms with E-state index in [1.165, 1.54) is 26.8 Å². The van der Waals surface area contributed by atoms with Crippen molar-refractivity contribution in [1.82, 2.24) is 9.27 Å². The molecule has 0 spiro atoms. The fourth-order valence-corrected chi connectivity index (χ4v) is 6.65. The first kappa shape index (κ1) is 22.8. The van der Waals surface area contributed by atoms with E-state index in [9.17, 15) is 10.2 Å². The molecule has 1 fully saturated rings. The summed E-state index contributed by atoms with van der Waals surface area (Å²) in [6.45, 7) is 12.0. The van der Waals surface area contributed by atoms with Crippen molar-refractivity contribution >= 4 is 27.4 Å². The zero-order valence-corrected chi connectivity index (χ0v) is 20.9. The minimum atomic E-state index is -0.442. The largest absolute Gasteiger partial charge is 0.391 e. The summed E-state index contributed by atoms with van der Waals surface area (Å²) in [5.41, 5.74) is 3.23. The Morgan fingerprint density at radius 1 is 1.00 bits per heavy atom. The highest BCUT2D eigenvalue weighted by Gasteiger charge is 2.50. The zero-order valence-electron chi connectivity index (χ0n) is 20.1. The predicted octanol–water partition coefficient (Wildman–Crippen LogP) is 4.30. The summed E-state index contributed by atoms with van der Waals surface area (Å²) in [5, 5.41) is 23.0. The van der Waals surface area contributed by atoms with Crippen molar-refractivity contribution in [2.24, 2.45) is 0 Å². The first-order valence-corrected chi connectivity index (χ1v) is 12.8. The van der Waals surface area contributed by atoms with Gasteiger partial charge in [0.1, 0.15) is 12.0 Å². The van der Waals surface area contributed by atoms with Crippen LogP contribution in [-0.2, 0) is 17.3 Å². The molecule has 5 rings (SSSR count). The minimum absolute atomic E-state index is 0.237. The highest BCUT2D eigenvalue weighted by Crippen LogP contribution is 2.49. The second-order valence-corrected chi connectivity index (χ2v) is 11.6. The number of aromatic nitrogens is 1. The quantitative estimate of drug-likeness (QED) is 0.588. The molecule has 1 aliphatic heterocycles. The van der Waals surface area contributed by atoms with Crippen molar-refractivity contribution < 1.29 is 10.2 Å². The molecule has 2 atom stereocenters. The van der Waals surface area contributed by atoms with Gasteiger partial charge in [0.2, 0.25) is 0 Å². The third kappa shape index (κ3) is 3.87. The first-order chi connectivity index (χ1) is 15.7. The number of anilines is 1. The van der Waals surface area contributed by atoms with Gasteiger partial charge in [0.15, 0.2) is 0 Å². The van der Waals surface area contributed by atoms with Crippen molar-refractivity contribution in [3.63, 3.8) is 0 Å². The molecule has 5 nitrogen and oxygen atoms in total. The molecular formula is C27H35N3O2S. The van der Waals surface area contributed by atoms with Crippen LogP contribution >= 0.6 is 11.5 Å². The van der Waals surface area contributed by atoms with Crippen LogP contribution in [0.25, 0.3) is 10.1 Å². The Labute approximate surface area is 200 Å². The lowest BCUT2D eigenvalue weighted by Crippen LogP contribution is -2.50. The van der Waals surface area contributed by atoms with E-state index in [2.05, 4.69) is 84.3 Å². The van der Waals surface area contributed by atoms with Crippen LogP contribution in [-0.4, -0.2) is 58.0 Å². The Morgan fingerprint density at radius 2 is 1.70 bits per heavy atom. The fourth-order valence-electron chi connectivity index (χ4n) is 5.85. The maximum Gasteiger partial charge on any atom is 0.150 e. The lowest BCUT2D eigenvalue weighted by atomic mass is 9.78. The number of nitrogens with zero attached hydrogens (tertiary/aromatic N) is 3. The Bertz CT molecular complexity index is 1150. The van der Waals surface area contributed by atoms with Gasteiger partial charge in [-0.1, -0.05) is 58.0 Å². The number of benzene rings is 2. The summed E-state index contributed by atoms with van der Waals surface area (Å²) < 4.78 is 5.91. The van der Waals surface area contributed by atoms with E-state index in [4.69, 9.17) is 0 Å². The second kappa shape index (κ2) is 8.35. The van der Waals surface area contributed by atoms with E-state index in [1.54, 1.807) is 11.5 Å². The van der Waals surface area contributed by atoms with Crippen LogP contribution < -0.4 is 4.90 Å². The molecule has 2 aromatic carbocycles. The number of aliphatic hydroxyl groups excluding tert-OH is 2. The maximum absolute atomic E-state index is 10.9. The zero-order chi connectivity index (χ0) is 23.4. The molecule has 2 aliphatic rings. The van der Waals surface area contributed by atoms with Gasteiger partial charge in [-0.3, -0.25) is 4.90 Å². The Balaban J connectivity index is 1.20. The summed E-state index contributed by atoms with van der Waals surface area (Å²) in [6, 6.07) is 15.0.